The number of hydrogen-bond acceptors (Lipinski definition) is 3. The molecule has 4 heteroatoms. The molecule has 1 rings (SSSR count). The summed E-state index contributed by atoms with van der Waals surface area (Å²) in [7, 11) is 0. The molecule has 2 N–H and O–H groups in total. The average molecular weight is 158 g/mol. The van der Waals surface area contributed by atoms with Crippen molar-refractivity contribution in [3.63, 3.8) is 0 Å². The fourth-order valence-electron chi connectivity index (χ4n) is 0.780. The molecule has 1 heterocycles. The molecule has 0 aliphatic heterocycles. The van der Waals surface area contributed by atoms with E-state index in [1.54, 1.807) is 0 Å². The van der Waals surface area contributed by atoms with Crippen molar-refractivity contribution >= 4 is 0 Å². The van der Waals surface area contributed by atoms with E-state index in [4.69, 9.17) is 10.2 Å². The van der Waals surface area contributed by atoms with Crippen LogP contribution in [0.2, 0.25) is 0 Å². The number of rotatable bonds is 3. The first-order valence-corrected chi connectivity index (χ1v) is 3.47. The zero-order valence-electron chi connectivity index (χ0n) is 6.38. The number of aromatic nitrogens is 1. The van der Waals surface area contributed by atoms with Crippen molar-refractivity contribution in [2.24, 2.45) is 5.73 Å². The van der Waals surface area contributed by atoms with Gasteiger partial charge in [0.05, 0.1) is 6.20 Å². The van der Waals surface area contributed by atoms with E-state index < -0.39 is 6.67 Å². The summed E-state index contributed by atoms with van der Waals surface area (Å²) in [5.41, 5.74) is 5.48. The van der Waals surface area contributed by atoms with Crippen LogP contribution in [0.3, 0.4) is 0 Å². The van der Waals surface area contributed by atoms with Crippen molar-refractivity contribution in [3.05, 3.63) is 17.8 Å². The summed E-state index contributed by atoms with van der Waals surface area (Å²) in [4.78, 5) is 3.84. The Hall–Kier alpha value is -0.900. The minimum absolute atomic E-state index is 0.00103. The molecule has 0 aliphatic rings. The van der Waals surface area contributed by atoms with Gasteiger partial charge in [-0.3, -0.25) is 0 Å². The summed E-state index contributed by atoms with van der Waals surface area (Å²) < 4.78 is 16.9. The number of halogens is 1. The largest absolute Gasteiger partial charge is 0.443 e. The molecule has 11 heavy (non-hydrogen) atoms. The van der Waals surface area contributed by atoms with Crippen LogP contribution in [0, 0.1) is 0 Å². The normalized spacial score (nSPS) is 13.4. The second-order valence-electron chi connectivity index (χ2n) is 2.54. The summed E-state index contributed by atoms with van der Waals surface area (Å²) in [5, 5.41) is 0. The van der Waals surface area contributed by atoms with Crippen molar-refractivity contribution in [2.75, 3.05) is 0 Å². The third-order valence-corrected chi connectivity index (χ3v) is 1.23. The molecule has 62 valence electrons. The highest BCUT2D eigenvalue weighted by Gasteiger charge is 2.04. The van der Waals surface area contributed by atoms with E-state index in [1.165, 1.54) is 6.20 Å². The summed E-state index contributed by atoms with van der Waals surface area (Å²) in [6.07, 6.45) is 1.94. The standard InChI is InChI=1S/C7H11FN2O/c1-5(9)2-7-10-4-6(3-8)11-7/h4-5H,2-3,9H2,1H3. The van der Waals surface area contributed by atoms with Gasteiger partial charge in [0.2, 0.25) is 0 Å². The fraction of sp³-hybridized carbons (Fsp3) is 0.571. The summed E-state index contributed by atoms with van der Waals surface area (Å²) in [5.74, 6) is 0.772. The molecule has 1 unspecified atom stereocenters. The molecule has 0 saturated heterocycles. The smallest absolute Gasteiger partial charge is 0.196 e. The minimum atomic E-state index is -0.605. The highest BCUT2D eigenvalue weighted by atomic mass is 19.1. The predicted octanol–water partition coefficient (Wildman–Crippen LogP) is 1.03. The van der Waals surface area contributed by atoms with Crippen molar-refractivity contribution < 1.29 is 8.81 Å². The first-order chi connectivity index (χ1) is 5.22. The topological polar surface area (TPSA) is 52.0 Å². The van der Waals surface area contributed by atoms with E-state index in [0.717, 1.165) is 0 Å². The Kier molecular flexibility index (Phi) is 2.59. The lowest BCUT2D eigenvalue weighted by Gasteiger charge is -1.97. The van der Waals surface area contributed by atoms with E-state index in [0.29, 0.717) is 12.3 Å². The van der Waals surface area contributed by atoms with E-state index in [2.05, 4.69) is 4.98 Å². The Morgan fingerprint density at radius 3 is 3.00 bits per heavy atom. The van der Waals surface area contributed by atoms with Gasteiger partial charge in [0.15, 0.2) is 11.7 Å². The van der Waals surface area contributed by atoms with Crippen LogP contribution in [0.5, 0.6) is 0 Å². The summed E-state index contributed by atoms with van der Waals surface area (Å²) >= 11 is 0. The van der Waals surface area contributed by atoms with Crippen molar-refractivity contribution in [1.82, 2.24) is 4.98 Å². The van der Waals surface area contributed by atoms with Crippen molar-refractivity contribution in [2.45, 2.75) is 26.1 Å². The highest BCUT2D eigenvalue weighted by Crippen LogP contribution is 2.06. The molecule has 0 amide bonds. The molecule has 0 saturated carbocycles. The maximum absolute atomic E-state index is 11.9. The highest BCUT2D eigenvalue weighted by molar-refractivity contribution is 4.93. The van der Waals surface area contributed by atoms with Crippen LogP contribution >= 0.6 is 0 Å². The third-order valence-electron chi connectivity index (χ3n) is 1.23. The Morgan fingerprint density at radius 1 is 1.82 bits per heavy atom. The number of alkyl halides is 1. The van der Waals surface area contributed by atoms with Crippen LogP contribution in [0.1, 0.15) is 18.6 Å². The molecule has 0 spiro atoms. The quantitative estimate of drug-likeness (QED) is 0.714. The molecule has 1 aromatic heterocycles. The molecule has 0 aromatic carbocycles. The number of nitrogens with two attached hydrogens (primary N) is 1. The van der Waals surface area contributed by atoms with Crippen LogP contribution in [0.4, 0.5) is 4.39 Å². The second-order valence-corrected chi connectivity index (χ2v) is 2.54. The Balaban J connectivity index is 2.58. The van der Waals surface area contributed by atoms with Gasteiger partial charge in [-0.05, 0) is 6.92 Å². The zero-order chi connectivity index (χ0) is 8.27. The van der Waals surface area contributed by atoms with Gasteiger partial charge < -0.3 is 10.2 Å². The molecular weight excluding hydrogens is 147 g/mol. The van der Waals surface area contributed by atoms with E-state index in [-0.39, 0.29) is 11.8 Å². The molecule has 1 atom stereocenters. The molecule has 1 aromatic rings. The van der Waals surface area contributed by atoms with E-state index >= 15 is 0 Å². The van der Waals surface area contributed by atoms with Crippen LogP contribution in [0.15, 0.2) is 10.6 Å². The molecule has 0 aliphatic carbocycles. The minimum Gasteiger partial charge on any atom is -0.443 e. The molecule has 0 radical (unpaired) electrons. The van der Waals surface area contributed by atoms with Gasteiger partial charge in [0.1, 0.15) is 6.67 Å². The van der Waals surface area contributed by atoms with Gasteiger partial charge in [0, 0.05) is 12.5 Å². The summed E-state index contributed by atoms with van der Waals surface area (Å²) in [6.45, 7) is 1.24. The molecule has 0 bridgehead atoms. The predicted molar refractivity (Wildman–Crippen MR) is 38.7 cm³/mol. The average Bonchev–Trinajstić information content (AvgIpc) is 2.34. The Labute approximate surface area is 64.4 Å². The Bertz CT molecular complexity index is 222. The van der Waals surface area contributed by atoms with Crippen LogP contribution < -0.4 is 5.73 Å². The number of nitrogens with zero attached hydrogens (tertiary/aromatic N) is 1. The lowest BCUT2D eigenvalue weighted by molar-refractivity contribution is 0.370. The van der Waals surface area contributed by atoms with Gasteiger partial charge in [-0.25, -0.2) is 9.37 Å². The summed E-state index contributed by atoms with van der Waals surface area (Å²) in [6, 6.07) is 0.00103. The van der Waals surface area contributed by atoms with Crippen LogP contribution in [0.25, 0.3) is 0 Å². The lowest BCUT2D eigenvalue weighted by Crippen LogP contribution is -2.17. The van der Waals surface area contributed by atoms with Crippen LogP contribution in [-0.4, -0.2) is 11.0 Å². The number of hydrogen-bond donors (Lipinski definition) is 1. The van der Waals surface area contributed by atoms with Crippen molar-refractivity contribution in [3.8, 4) is 0 Å². The zero-order valence-corrected chi connectivity index (χ0v) is 6.38. The van der Waals surface area contributed by atoms with Crippen LogP contribution in [-0.2, 0) is 13.1 Å². The van der Waals surface area contributed by atoms with Gasteiger partial charge in [-0.15, -0.1) is 0 Å². The molecular formula is C7H11FN2O. The first kappa shape index (κ1) is 8.20. The van der Waals surface area contributed by atoms with E-state index in [1.807, 2.05) is 6.92 Å². The fourth-order valence-corrected chi connectivity index (χ4v) is 0.780. The van der Waals surface area contributed by atoms with E-state index in [9.17, 15) is 4.39 Å². The lowest BCUT2D eigenvalue weighted by atomic mass is 10.2. The maximum Gasteiger partial charge on any atom is 0.196 e. The third kappa shape index (κ3) is 2.31. The number of oxazole rings is 1. The second kappa shape index (κ2) is 3.48. The monoisotopic (exact) mass is 158 g/mol. The molecule has 3 nitrogen and oxygen atoms in total. The van der Waals surface area contributed by atoms with Gasteiger partial charge in [-0.1, -0.05) is 0 Å². The first-order valence-electron chi connectivity index (χ1n) is 3.47. The Morgan fingerprint density at radius 2 is 2.55 bits per heavy atom. The SMILES string of the molecule is CC(N)Cc1ncc(CF)o1. The van der Waals surface area contributed by atoms with Crippen molar-refractivity contribution in [1.29, 1.82) is 0 Å². The molecule has 0 fully saturated rings. The van der Waals surface area contributed by atoms with Gasteiger partial charge in [0.25, 0.3) is 0 Å². The van der Waals surface area contributed by atoms with Gasteiger partial charge >= 0.3 is 0 Å². The van der Waals surface area contributed by atoms with Gasteiger partial charge in [-0.2, -0.15) is 0 Å². The maximum atomic E-state index is 11.9.